The molecular formula is C18H21NO. The van der Waals surface area contributed by atoms with Gasteiger partial charge in [-0.05, 0) is 43.4 Å². The lowest BCUT2D eigenvalue weighted by atomic mass is 9.92. The van der Waals surface area contributed by atoms with Crippen LogP contribution in [0.1, 0.15) is 25.8 Å². The summed E-state index contributed by atoms with van der Waals surface area (Å²) in [4.78, 5) is 5.62. The number of hydrogen-bond acceptors (Lipinski definition) is 2. The third-order valence-electron chi connectivity index (χ3n) is 3.81. The van der Waals surface area contributed by atoms with E-state index in [2.05, 4.69) is 73.9 Å². The van der Waals surface area contributed by atoms with Gasteiger partial charge in [-0.25, -0.2) is 0 Å². The lowest BCUT2D eigenvalue weighted by Gasteiger charge is -2.14. The molecule has 0 amide bonds. The minimum atomic E-state index is -0.0631. The van der Waals surface area contributed by atoms with Crippen LogP contribution in [0.4, 0.5) is 0 Å². The third-order valence-corrected chi connectivity index (χ3v) is 3.81. The monoisotopic (exact) mass is 267 g/mol. The second kappa shape index (κ2) is 5.39. The van der Waals surface area contributed by atoms with Gasteiger partial charge in [0, 0.05) is 6.04 Å². The van der Waals surface area contributed by atoms with Crippen LogP contribution in [0.2, 0.25) is 0 Å². The first-order valence-corrected chi connectivity index (χ1v) is 7.21. The molecule has 1 atom stereocenters. The second-order valence-corrected chi connectivity index (χ2v) is 6.11. The Kier molecular flexibility index (Phi) is 3.60. The van der Waals surface area contributed by atoms with E-state index in [1.54, 1.807) is 0 Å². The largest absolute Gasteiger partial charge is 0.295 e. The zero-order valence-corrected chi connectivity index (χ0v) is 12.1. The van der Waals surface area contributed by atoms with E-state index >= 15 is 0 Å². The lowest BCUT2D eigenvalue weighted by Crippen LogP contribution is -2.22. The molecule has 20 heavy (non-hydrogen) atoms. The quantitative estimate of drug-likeness (QED) is 0.908. The molecule has 0 aliphatic carbocycles. The van der Waals surface area contributed by atoms with E-state index in [4.69, 9.17) is 4.84 Å². The summed E-state index contributed by atoms with van der Waals surface area (Å²) >= 11 is 0. The SMILES string of the molecule is CC1(C)C[C@H](Cc2ccccc2-c2ccccc2)NO1. The molecule has 0 unspecified atom stereocenters. The normalized spacial score (nSPS) is 21.0. The van der Waals surface area contributed by atoms with Crippen LogP contribution in [-0.4, -0.2) is 11.6 Å². The highest BCUT2D eigenvalue weighted by Gasteiger charge is 2.32. The molecule has 0 bridgehead atoms. The zero-order chi connectivity index (χ0) is 14.0. The smallest absolute Gasteiger partial charge is 0.0856 e. The van der Waals surface area contributed by atoms with Crippen LogP contribution < -0.4 is 5.48 Å². The number of nitrogens with one attached hydrogen (secondary N) is 1. The fourth-order valence-electron chi connectivity index (χ4n) is 2.90. The molecule has 2 nitrogen and oxygen atoms in total. The first-order valence-electron chi connectivity index (χ1n) is 7.21. The Bertz CT molecular complexity index is 577. The van der Waals surface area contributed by atoms with Crippen LogP contribution in [0.25, 0.3) is 11.1 Å². The maximum atomic E-state index is 5.62. The predicted molar refractivity (Wildman–Crippen MR) is 82.3 cm³/mol. The number of benzene rings is 2. The maximum Gasteiger partial charge on any atom is 0.0856 e. The average Bonchev–Trinajstić information content (AvgIpc) is 2.79. The van der Waals surface area contributed by atoms with Gasteiger partial charge < -0.3 is 0 Å². The molecule has 2 aromatic rings. The molecule has 1 heterocycles. The van der Waals surface area contributed by atoms with Crippen LogP contribution in [-0.2, 0) is 11.3 Å². The van der Waals surface area contributed by atoms with Gasteiger partial charge in [0.1, 0.15) is 0 Å². The first-order chi connectivity index (χ1) is 9.64. The van der Waals surface area contributed by atoms with E-state index in [1.165, 1.54) is 16.7 Å². The van der Waals surface area contributed by atoms with Gasteiger partial charge in [0.25, 0.3) is 0 Å². The summed E-state index contributed by atoms with van der Waals surface area (Å²) in [5.74, 6) is 0. The van der Waals surface area contributed by atoms with Gasteiger partial charge in [-0.15, -0.1) is 0 Å². The van der Waals surface area contributed by atoms with Crippen molar-refractivity contribution in [1.29, 1.82) is 0 Å². The van der Waals surface area contributed by atoms with Crippen LogP contribution in [0.3, 0.4) is 0 Å². The molecule has 104 valence electrons. The van der Waals surface area contributed by atoms with Crippen molar-refractivity contribution in [3.05, 3.63) is 60.2 Å². The molecule has 0 saturated carbocycles. The second-order valence-electron chi connectivity index (χ2n) is 6.11. The van der Waals surface area contributed by atoms with E-state index in [0.717, 1.165) is 12.8 Å². The van der Waals surface area contributed by atoms with Crippen LogP contribution in [0.5, 0.6) is 0 Å². The average molecular weight is 267 g/mol. The Morgan fingerprint density at radius 1 is 1.05 bits per heavy atom. The highest BCUT2D eigenvalue weighted by Crippen LogP contribution is 2.28. The van der Waals surface area contributed by atoms with Gasteiger partial charge in [0.05, 0.1) is 5.60 Å². The highest BCUT2D eigenvalue weighted by atomic mass is 16.7. The van der Waals surface area contributed by atoms with Gasteiger partial charge in [0.2, 0.25) is 0 Å². The zero-order valence-electron chi connectivity index (χ0n) is 12.1. The Balaban J connectivity index is 1.84. The van der Waals surface area contributed by atoms with Crippen molar-refractivity contribution in [1.82, 2.24) is 5.48 Å². The minimum absolute atomic E-state index is 0.0631. The Morgan fingerprint density at radius 3 is 2.45 bits per heavy atom. The summed E-state index contributed by atoms with van der Waals surface area (Å²) in [5.41, 5.74) is 7.08. The van der Waals surface area contributed by atoms with Gasteiger partial charge in [0.15, 0.2) is 0 Å². The van der Waals surface area contributed by atoms with Gasteiger partial charge in [-0.1, -0.05) is 54.6 Å². The van der Waals surface area contributed by atoms with Crippen LogP contribution in [0, 0.1) is 0 Å². The van der Waals surface area contributed by atoms with Crippen molar-refractivity contribution in [3.63, 3.8) is 0 Å². The van der Waals surface area contributed by atoms with Gasteiger partial charge in [-0.3, -0.25) is 4.84 Å². The molecule has 2 aromatic carbocycles. The molecule has 2 heteroatoms. The molecule has 0 radical (unpaired) electrons. The summed E-state index contributed by atoms with van der Waals surface area (Å²) in [7, 11) is 0. The molecule has 0 spiro atoms. The van der Waals surface area contributed by atoms with Crippen LogP contribution >= 0.6 is 0 Å². The fourth-order valence-corrected chi connectivity index (χ4v) is 2.90. The standard InChI is InChI=1S/C18H21NO/c1-18(2)13-16(19-20-18)12-15-10-6-7-11-17(15)14-8-4-3-5-9-14/h3-11,16,19H,12-13H2,1-2H3/t16-/m0/s1. The first kappa shape index (κ1) is 13.3. The number of rotatable bonds is 3. The molecule has 3 rings (SSSR count). The van der Waals surface area contributed by atoms with E-state index in [0.29, 0.717) is 6.04 Å². The van der Waals surface area contributed by atoms with Crippen molar-refractivity contribution in [3.8, 4) is 11.1 Å². The van der Waals surface area contributed by atoms with Crippen molar-refractivity contribution >= 4 is 0 Å². The fraction of sp³-hybridized carbons (Fsp3) is 0.333. The van der Waals surface area contributed by atoms with E-state index in [-0.39, 0.29) is 5.60 Å². The summed E-state index contributed by atoms with van der Waals surface area (Å²) in [5, 5.41) is 0. The summed E-state index contributed by atoms with van der Waals surface area (Å²) < 4.78 is 0. The predicted octanol–water partition coefficient (Wildman–Crippen LogP) is 3.97. The molecule has 0 aromatic heterocycles. The number of hydrogen-bond donors (Lipinski definition) is 1. The Labute approximate surface area is 120 Å². The Hall–Kier alpha value is -1.64. The Morgan fingerprint density at radius 2 is 1.75 bits per heavy atom. The topological polar surface area (TPSA) is 21.3 Å². The summed E-state index contributed by atoms with van der Waals surface area (Å²) in [6.07, 6.45) is 2.03. The maximum absolute atomic E-state index is 5.62. The van der Waals surface area contributed by atoms with Crippen molar-refractivity contribution in [2.24, 2.45) is 0 Å². The summed E-state index contributed by atoms with van der Waals surface area (Å²) in [6.45, 7) is 4.26. The third kappa shape index (κ3) is 2.92. The minimum Gasteiger partial charge on any atom is -0.295 e. The molecule has 1 fully saturated rings. The van der Waals surface area contributed by atoms with E-state index < -0.39 is 0 Å². The van der Waals surface area contributed by atoms with Crippen molar-refractivity contribution in [2.45, 2.75) is 38.3 Å². The molecular weight excluding hydrogens is 246 g/mol. The van der Waals surface area contributed by atoms with Gasteiger partial charge in [-0.2, -0.15) is 5.48 Å². The molecule has 1 saturated heterocycles. The van der Waals surface area contributed by atoms with Crippen LogP contribution in [0.15, 0.2) is 54.6 Å². The molecule has 1 aliphatic heterocycles. The number of hydroxylamine groups is 1. The van der Waals surface area contributed by atoms with E-state index in [1.807, 2.05) is 0 Å². The van der Waals surface area contributed by atoms with Crippen molar-refractivity contribution < 1.29 is 4.84 Å². The van der Waals surface area contributed by atoms with E-state index in [9.17, 15) is 0 Å². The van der Waals surface area contributed by atoms with Gasteiger partial charge >= 0.3 is 0 Å². The van der Waals surface area contributed by atoms with Crippen molar-refractivity contribution in [2.75, 3.05) is 0 Å². The summed E-state index contributed by atoms with van der Waals surface area (Å²) in [6, 6.07) is 19.6. The molecule has 1 aliphatic rings. The highest BCUT2D eigenvalue weighted by molar-refractivity contribution is 5.67. The lowest BCUT2D eigenvalue weighted by molar-refractivity contribution is -0.0311. The molecule has 1 N–H and O–H groups in total.